The molecule has 0 aromatic heterocycles. The number of nitrogens with one attached hydrogen (secondary N) is 1. The number of halogens is 2. The average molecular weight is 329 g/mol. The Hall–Kier alpha value is -0.770. The van der Waals surface area contributed by atoms with Crippen LogP contribution in [0.2, 0.25) is 10.0 Å². The van der Waals surface area contributed by atoms with Crippen LogP contribution >= 0.6 is 23.2 Å². The van der Waals surface area contributed by atoms with E-state index in [9.17, 15) is 4.79 Å². The van der Waals surface area contributed by atoms with Crippen molar-refractivity contribution in [1.29, 1.82) is 0 Å². The highest BCUT2D eigenvalue weighted by Gasteiger charge is 2.28. The van der Waals surface area contributed by atoms with Crippen LogP contribution in [0.5, 0.6) is 0 Å². The quantitative estimate of drug-likeness (QED) is 0.897. The molecule has 1 aromatic rings. The van der Waals surface area contributed by atoms with Crippen LogP contribution in [0, 0.1) is 11.8 Å². The Morgan fingerprint density at radius 2 is 1.90 bits per heavy atom. The molecule has 0 spiro atoms. The van der Waals surface area contributed by atoms with Crippen LogP contribution in [0.15, 0.2) is 18.2 Å². The Morgan fingerprint density at radius 1 is 1.29 bits per heavy atom. The first-order chi connectivity index (χ1) is 9.86. The van der Waals surface area contributed by atoms with E-state index in [1.54, 1.807) is 18.2 Å². The van der Waals surface area contributed by atoms with Crippen LogP contribution in [-0.4, -0.2) is 29.9 Å². The Labute approximate surface area is 136 Å². The average Bonchev–Trinajstić information content (AvgIpc) is 2.40. The lowest BCUT2D eigenvalue weighted by atomic mass is 9.91. The minimum atomic E-state index is -0.165. The van der Waals surface area contributed by atoms with Gasteiger partial charge in [-0.15, -0.1) is 0 Å². The van der Waals surface area contributed by atoms with Gasteiger partial charge in [-0.25, -0.2) is 0 Å². The maximum atomic E-state index is 12.4. The normalized spacial score (nSPS) is 24.6. The summed E-state index contributed by atoms with van der Waals surface area (Å²) in [6.45, 7) is 8.36. The fraction of sp³-hybridized carbons (Fsp3) is 0.562. The second kappa shape index (κ2) is 6.99. The highest BCUT2D eigenvalue weighted by molar-refractivity contribution is 6.36. The third kappa shape index (κ3) is 4.35. The zero-order valence-electron chi connectivity index (χ0n) is 12.7. The van der Waals surface area contributed by atoms with Crippen LogP contribution in [0.25, 0.3) is 0 Å². The molecule has 1 heterocycles. The summed E-state index contributed by atoms with van der Waals surface area (Å²) in [4.78, 5) is 14.7. The van der Waals surface area contributed by atoms with Gasteiger partial charge >= 0.3 is 0 Å². The molecule has 116 valence electrons. The third-order valence-electron chi connectivity index (χ3n) is 4.01. The Kier molecular flexibility index (Phi) is 5.53. The number of nitrogens with zero attached hydrogens (tertiary/aromatic N) is 1. The summed E-state index contributed by atoms with van der Waals surface area (Å²) in [6, 6.07) is 4.92. The standard InChI is InChI=1S/C16H22Cl2N2O/c1-10-6-11(2)9-20(8-10)12(3)16(21)19-15-5-4-13(17)7-14(15)18/h4-5,7,10-12H,6,8-9H2,1-3H3,(H,19,21). The van der Waals surface area contributed by atoms with Crippen LogP contribution < -0.4 is 5.32 Å². The van der Waals surface area contributed by atoms with Crippen molar-refractivity contribution in [1.82, 2.24) is 4.90 Å². The summed E-state index contributed by atoms with van der Waals surface area (Å²) in [5.41, 5.74) is 0.607. The molecule has 0 aliphatic carbocycles. The van der Waals surface area contributed by atoms with Crippen molar-refractivity contribution in [2.45, 2.75) is 33.2 Å². The van der Waals surface area contributed by atoms with Crippen LogP contribution in [0.1, 0.15) is 27.2 Å². The van der Waals surface area contributed by atoms with E-state index >= 15 is 0 Å². The monoisotopic (exact) mass is 328 g/mol. The molecule has 1 aliphatic rings. The van der Waals surface area contributed by atoms with Crippen LogP contribution in [0.4, 0.5) is 5.69 Å². The zero-order valence-corrected chi connectivity index (χ0v) is 14.2. The van der Waals surface area contributed by atoms with Gasteiger partial charge in [0.2, 0.25) is 5.91 Å². The summed E-state index contributed by atoms with van der Waals surface area (Å²) in [6.07, 6.45) is 1.23. The molecule has 0 bridgehead atoms. The predicted octanol–water partition coefficient (Wildman–Crippen LogP) is 4.30. The van der Waals surface area contributed by atoms with E-state index in [0.29, 0.717) is 27.6 Å². The van der Waals surface area contributed by atoms with E-state index in [4.69, 9.17) is 23.2 Å². The Balaban J connectivity index is 2.02. The van der Waals surface area contributed by atoms with E-state index in [0.717, 1.165) is 13.1 Å². The van der Waals surface area contributed by atoms with Gasteiger partial charge in [-0.1, -0.05) is 37.0 Å². The molecular formula is C16H22Cl2N2O. The molecule has 3 unspecified atom stereocenters. The lowest BCUT2D eigenvalue weighted by molar-refractivity contribution is -0.121. The van der Waals surface area contributed by atoms with Gasteiger partial charge in [0.05, 0.1) is 16.8 Å². The lowest BCUT2D eigenvalue weighted by Gasteiger charge is -2.38. The number of hydrogen-bond donors (Lipinski definition) is 1. The van der Waals surface area contributed by atoms with Gasteiger partial charge in [0.25, 0.3) is 0 Å². The molecule has 21 heavy (non-hydrogen) atoms. The summed E-state index contributed by atoms with van der Waals surface area (Å²) in [5.74, 6) is 1.23. The predicted molar refractivity (Wildman–Crippen MR) is 89.1 cm³/mol. The molecule has 2 rings (SSSR count). The van der Waals surface area contributed by atoms with Crippen LogP contribution in [-0.2, 0) is 4.79 Å². The Morgan fingerprint density at radius 3 is 2.48 bits per heavy atom. The Bertz CT molecular complexity index is 511. The van der Waals surface area contributed by atoms with Gasteiger partial charge in [-0.3, -0.25) is 9.69 Å². The minimum Gasteiger partial charge on any atom is -0.323 e. The highest BCUT2D eigenvalue weighted by Crippen LogP contribution is 2.27. The van der Waals surface area contributed by atoms with Gasteiger partial charge in [-0.2, -0.15) is 0 Å². The number of benzene rings is 1. The molecule has 1 saturated heterocycles. The lowest BCUT2D eigenvalue weighted by Crippen LogP contribution is -2.48. The van der Waals surface area contributed by atoms with Crippen molar-refractivity contribution in [2.75, 3.05) is 18.4 Å². The molecule has 1 amide bonds. The van der Waals surface area contributed by atoms with E-state index < -0.39 is 0 Å². The summed E-state index contributed by atoms with van der Waals surface area (Å²) >= 11 is 12.0. The smallest absolute Gasteiger partial charge is 0.241 e. The largest absolute Gasteiger partial charge is 0.323 e. The number of hydrogen-bond acceptors (Lipinski definition) is 2. The highest BCUT2D eigenvalue weighted by atomic mass is 35.5. The van der Waals surface area contributed by atoms with Gasteiger partial charge in [0.1, 0.15) is 0 Å². The molecule has 1 N–H and O–H groups in total. The molecule has 3 nitrogen and oxygen atoms in total. The number of carbonyl (C=O) groups is 1. The maximum Gasteiger partial charge on any atom is 0.241 e. The van der Waals surface area contributed by atoms with E-state index in [-0.39, 0.29) is 11.9 Å². The molecule has 1 aliphatic heterocycles. The van der Waals surface area contributed by atoms with Crippen molar-refractivity contribution in [2.24, 2.45) is 11.8 Å². The van der Waals surface area contributed by atoms with Gasteiger partial charge < -0.3 is 5.32 Å². The SMILES string of the molecule is CC1CC(C)CN(C(C)C(=O)Nc2ccc(Cl)cc2Cl)C1. The van der Waals surface area contributed by atoms with Crippen molar-refractivity contribution in [3.63, 3.8) is 0 Å². The second-order valence-corrected chi connectivity index (χ2v) is 7.03. The molecule has 1 aromatic carbocycles. The van der Waals surface area contributed by atoms with Crippen molar-refractivity contribution < 1.29 is 4.79 Å². The van der Waals surface area contributed by atoms with Gasteiger partial charge in [-0.05, 0) is 43.4 Å². The third-order valence-corrected chi connectivity index (χ3v) is 4.56. The number of anilines is 1. The summed E-state index contributed by atoms with van der Waals surface area (Å²) < 4.78 is 0. The fourth-order valence-corrected chi connectivity index (χ4v) is 3.48. The van der Waals surface area contributed by atoms with Crippen molar-refractivity contribution in [3.8, 4) is 0 Å². The number of rotatable bonds is 3. The topological polar surface area (TPSA) is 32.3 Å². The first-order valence-electron chi connectivity index (χ1n) is 7.36. The van der Waals surface area contributed by atoms with Gasteiger partial charge in [0.15, 0.2) is 0 Å². The van der Waals surface area contributed by atoms with Crippen LogP contribution in [0.3, 0.4) is 0 Å². The number of amides is 1. The van der Waals surface area contributed by atoms with Crippen molar-refractivity contribution >= 4 is 34.8 Å². The number of piperidine rings is 1. The fourth-order valence-electron chi connectivity index (χ4n) is 3.02. The summed E-state index contributed by atoms with van der Waals surface area (Å²) in [7, 11) is 0. The first kappa shape index (κ1) is 16.6. The summed E-state index contributed by atoms with van der Waals surface area (Å²) in [5, 5.41) is 3.91. The van der Waals surface area contributed by atoms with Crippen molar-refractivity contribution in [3.05, 3.63) is 28.2 Å². The second-order valence-electron chi connectivity index (χ2n) is 6.19. The molecular weight excluding hydrogens is 307 g/mol. The molecule has 3 atom stereocenters. The maximum absolute atomic E-state index is 12.4. The van der Waals surface area contributed by atoms with Gasteiger partial charge in [0, 0.05) is 18.1 Å². The molecule has 0 saturated carbocycles. The number of carbonyl (C=O) groups excluding carboxylic acids is 1. The zero-order chi connectivity index (χ0) is 15.6. The van der Waals surface area contributed by atoms with E-state index in [1.165, 1.54) is 6.42 Å². The molecule has 1 fully saturated rings. The minimum absolute atomic E-state index is 0.0273. The number of likely N-dealkylation sites (tertiary alicyclic amines) is 1. The molecule has 5 heteroatoms. The molecule has 0 radical (unpaired) electrons. The van der Waals surface area contributed by atoms with E-state index in [2.05, 4.69) is 24.1 Å². The van der Waals surface area contributed by atoms with E-state index in [1.807, 2.05) is 6.92 Å². The first-order valence-corrected chi connectivity index (χ1v) is 8.12.